The summed E-state index contributed by atoms with van der Waals surface area (Å²) >= 11 is 0. The maximum absolute atomic E-state index is 5.81. The van der Waals surface area contributed by atoms with E-state index in [1.165, 1.54) is 31.2 Å². The van der Waals surface area contributed by atoms with E-state index in [4.69, 9.17) is 9.15 Å². The van der Waals surface area contributed by atoms with Crippen molar-refractivity contribution in [2.75, 3.05) is 13.7 Å². The summed E-state index contributed by atoms with van der Waals surface area (Å²) < 4.78 is 11.0. The van der Waals surface area contributed by atoms with Crippen molar-refractivity contribution in [1.82, 2.24) is 15.1 Å². The van der Waals surface area contributed by atoms with Gasteiger partial charge in [0.05, 0.1) is 13.7 Å². The van der Waals surface area contributed by atoms with Crippen LogP contribution in [0, 0.1) is 0 Å². The first-order chi connectivity index (χ1) is 10.8. The van der Waals surface area contributed by atoms with E-state index in [1.807, 2.05) is 12.1 Å². The molecule has 2 fully saturated rings. The third-order valence-electron chi connectivity index (χ3n) is 4.61. The number of hydrogen-bond acceptors (Lipinski definition) is 5. The maximum Gasteiger partial charge on any atom is 0.230 e. The predicted molar refractivity (Wildman–Crippen MR) is 81.7 cm³/mol. The number of likely N-dealkylation sites (tertiary alicyclic amines) is 1. The Kier molecular flexibility index (Phi) is 3.58. The maximum atomic E-state index is 5.81. The van der Waals surface area contributed by atoms with Crippen molar-refractivity contribution in [3.63, 3.8) is 0 Å². The lowest BCUT2D eigenvalue weighted by Gasteiger charge is -2.23. The molecule has 0 spiro atoms. The minimum atomic E-state index is 0.433. The largest absolute Gasteiger partial charge is 0.497 e. The summed E-state index contributed by atoms with van der Waals surface area (Å²) in [7, 11) is 1.70. The van der Waals surface area contributed by atoms with Crippen LogP contribution in [0.5, 0.6) is 5.75 Å². The molecule has 5 nitrogen and oxygen atoms in total. The molecule has 1 aliphatic carbocycles. The SMILES string of the molecule is COc1ccc([C@H]2CCCN2Cc2nnc(C3CC3)o2)cc1. The van der Waals surface area contributed by atoms with Gasteiger partial charge in [0.25, 0.3) is 0 Å². The second kappa shape index (κ2) is 5.72. The fourth-order valence-corrected chi connectivity index (χ4v) is 3.22. The van der Waals surface area contributed by atoms with Gasteiger partial charge in [0.15, 0.2) is 0 Å². The van der Waals surface area contributed by atoms with Crippen LogP contribution in [0.3, 0.4) is 0 Å². The number of hydrogen-bond donors (Lipinski definition) is 0. The summed E-state index contributed by atoms with van der Waals surface area (Å²) in [5, 5.41) is 8.40. The van der Waals surface area contributed by atoms with Crippen LogP contribution in [-0.2, 0) is 6.54 Å². The number of nitrogens with zero attached hydrogens (tertiary/aromatic N) is 3. The van der Waals surface area contributed by atoms with E-state index in [0.29, 0.717) is 12.0 Å². The van der Waals surface area contributed by atoms with Crippen LogP contribution in [0.25, 0.3) is 0 Å². The van der Waals surface area contributed by atoms with Gasteiger partial charge in [0.1, 0.15) is 5.75 Å². The zero-order valence-electron chi connectivity index (χ0n) is 12.9. The van der Waals surface area contributed by atoms with E-state index in [0.717, 1.165) is 30.6 Å². The summed E-state index contributed by atoms with van der Waals surface area (Å²) in [4.78, 5) is 2.44. The average molecular weight is 299 g/mol. The third-order valence-corrected chi connectivity index (χ3v) is 4.61. The second-order valence-corrected chi connectivity index (χ2v) is 6.21. The van der Waals surface area contributed by atoms with Gasteiger partial charge in [-0.15, -0.1) is 10.2 Å². The van der Waals surface area contributed by atoms with Crippen LogP contribution in [0.4, 0.5) is 0 Å². The molecule has 22 heavy (non-hydrogen) atoms. The van der Waals surface area contributed by atoms with Crippen molar-refractivity contribution in [3.8, 4) is 5.75 Å². The van der Waals surface area contributed by atoms with Crippen molar-refractivity contribution < 1.29 is 9.15 Å². The summed E-state index contributed by atoms with van der Waals surface area (Å²) in [5.74, 6) is 3.01. The Hall–Kier alpha value is -1.88. The van der Waals surface area contributed by atoms with Crippen LogP contribution < -0.4 is 4.74 Å². The molecule has 0 N–H and O–H groups in total. The molecule has 0 radical (unpaired) electrons. The van der Waals surface area contributed by atoms with Gasteiger partial charge < -0.3 is 9.15 Å². The van der Waals surface area contributed by atoms with Gasteiger partial charge in [-0.05, 0) is 49.9 Å². The van der Waals surface area contributed by atoms with Gasteiger partial charge in [0, 0.05) is 12.0 Å². The molecule has 0 bridgehead atoms. The molecule has 1 saturated carbocycles. The van der Waals surface area contributed by atoms with Crippen molar-refractivity contribution in [1.29, 1.82) is 0 Å². The molecule has 1 saturated heterocycles. The summed E-state index contributed by atoms with van der Waals surface area (Å²) in [6.07, 6.45) is 4.77. The predicted octanol–water partition coefficient (Wildman–Crippen LogP) is 3.29. The summed E-state index contributed by atoms with van der Waals surface area (Å²) in [6.45, 7) is 1.83. The highest BCUT2D eigenvalue weighted by molar-refractivity contribution is 5.29. The first-order valence-electron chi connectivity index (χ1n) is 8.04. The Balaban J connectivity index is 1.47. The standard InChI is InChI=1S/C17H21N3O2/c1-21-14-8-6-12(7-9-14)15-3-2-10-20(15)11-16-18-19-17(22-16)13-4-5-13/h6-9,13,15H,2-5,10-11H2,1H3/t15-/m1/s1. The Morgan fingerprint density at radius 3 is 2.73 bits per heavy atom. The lowest BCUT2D eigenvalue weighted by Crippen LogP contribution is -2.22. The molecule has 0 amide bonds. The Bertz CT molecular complexity index is 634. The van der Waals surface area contributed by atoms with Crippen LogP contribution >= 0.6 is 0 Å². The fourth-order valence-electron chi connectivity index (χ4n) is 3.22. The first-order valence-corrected chi connectivity index (χ1v) is 8.04. The number of aromatic nitrogens is 2. The monoisotopic (exact) mass is 299 g/mol. The van der Waals surface area contributed by atoms with Crippen molar-refractivity contribution in [2.45, 2.75) is 44.2 Å². The summed E-state index contributed by atoms with van der Waals surface area (Å²) in [6, 6.07) is 8.81. The lowest BCUT2D eigenvalue weighted by atomic mass is 10.0. The molecule has 2 aliphatic rings. The molecule has 1 aliphatic heterocycles. The van der Waals surface area contributed by atoms with E-state index in [1.54, 1.807) is 7.11 Å². The fraction of sp³-hybridized carbons (Fsp3) is 0.529. The van der Waals surface area contributed by atoms with Gasteiger partial charge in [-0.2, -0.15) is 0 Å². The Morgan fingerprint density at radius 1 is 1.18 bits per heavy atom. The van der Waals surface area contributed by atoms with E-state index in [2.05, 4.69) is 27.2 Å². The highest BCUT2D eigenvalue weighted by atomic mass is 16.5. The van der Waals surface area contributed by atoms with Gasteiger partial charge in [-0.1, -0.05) is 12.1 Å². The van der Waals surface area contributed by atoms with Crippen molar-refractivity contribution >= 4 is 0 Å². The smallest absolute Gasteiger partial charge is 0.230 e. The Morgan fingerprint density at radius 2 is 2.00 bits per heavy atom. The van der Waals surface area contributed by atoms with Crippen LogP contribution in [0.15, 0.2) is 28.7 Å². The molecule has 5 heteroatoms. The minimum Gasteiger partial charge on any atom is -0.497 e. The molecule has 0 unspecified atom stereocenters. The van der Waals surface area contributed by atoms with E-state index in [9.17, 15) is 0 Å². The average Bonchev–Trinajstić information content (AvgIpc) is 3.13. The van der Waals surface area contributed by atoms with Crippen LogP contribution in [0.2, 0.25) is 0 Å². The first kappa shape index (κ1) is 13.8. The molecule has 2 heterocycles. The second-order valence-electron chi connectivity index (χ2n) is 6.21. The quantitative estimate of drug-likeness (QED) is 0.848. The number of methoxy groups -OCH3 is 1. The molecule has 2 aromatic rings. The zero-order chi connectivity index (χ0) is 14.9. The number of rotatable bonds is 5. The van der Waals surface area contributed by atoms with E-state index < -0.39 is 0 Å². The van der Waals surface area contributed by atoms with Crippen LogP contribution in [0.1, 0.15) is 55.0 Å². The highest BCUT2D eigenvalue weighted by Crippen LogP contribution is 2.39. The van der Waals surface area contributed by atoms with Gasteiger partial charge in [0.2, 0.25) is 11.8 Å². The lowest BCUT2D eigenvalue weighted by molar-refractivity contribution is 0.221. The molecule has 1 aromatic carbocycles. The number of ether oxygens (including phenoxy) is 1. The van der Waals surface area contributed by atoms with E-state index >= 15 is 0 Å². The highest BCUT2D eigenvalue weighted by Gasteiger charge is 2.31. The van der Waals surface area contributed by atoms with Gasteiger partial charge in [-0.3, -0.25) is 4.90 Å². The van der Waals surface area contributed by atoms with Gasteiger partial charge in [-0.25, -0.2) is 0 Å². The van der Waals surface area contributed by atoms with Crippen molar-refractivity contribution in [3.05, 3.63) is 41.6 Å². The van der Waals surface area contributed by atoms with Crippen LogP contribution in [-0.4, -0.2) is 28.8 Å². The molecule has 116 valence electrons. The van der Waals surface area contributed by atoms with Crippen molar-refractivity contribution in [2.24, 2.45) is 0 Å². The summed E-state index contributed by atoms with van der Waals surface area (Å²) in [5.41, 5.74) is 1.33. The molecule has 1 aromatic heterocycles. The number of benzene rings is 1. The zero-order valence-corrected chi connectivity index (χ0v) is 12.9. The molecular weight excluding hydrogens is 278 g/mol. The molecular formula is C17H21N3O2. The van der Waals surface area contributed by atoms with Gasteiger partial charge >= 0.3 is 0 Å². The topological polar surface area (TPSA) is 51.4 Å². The minimum absolute atomic E-state index is 0.433. The molecule has 4 rings (SSSR count). The Labute approximate surface area is 130 Å². The van der Waals surface area contributed by atoms with E-state index in [-0.39, 0.29) is 0 Å². The normalized spacial score (nSPS) is 22.1. The third kappa shape index (κ3) is 2.73. The molecule has 1 atom stereocenters.